The molecule has 0 aliphatic rings. The maximum absolute atomic E-state index is 3.80. The van der Waals surface area contributed by atoms with Crippen molar-refractivity contribution in [3.63, 3.8) is 0 Å². The van der Waals surface area contributed by atoms with Crippen LogP contribution < -0.4 is 21.3 Å². The maximum Gasteiger partial charge on any atom is 0.139 e. The molecule has 4 nitrogen and oxygen atoms in total. The van der Waals surface area contributed by atoms with E-state index in [1.807, 2.05) is 7.05 Å². The molecule has 0 aromatic heterocycles. The fraction of sp³-hybridized carbons (Fsp3) is 1.00. The summed E-state index contributed by atoms with van der Waals surface area (Å²) in [6.45, 7) is 15.6. The van der Waals surface area contributed by atoms with Gasteiger partial charge >= 0.3 is 0 Å². The summed E-state index contributed by atoms with van der Waals surface area (Å²) in [5, 5.41) is 14.7. The lowest BCUT2D eigenvalue weighted by Crippen LogP contribution is -2.79. The lowest BCUT2D eigenvalue weighted by molar-refractivity contribution is 0.0759. The molecule has 4 N–H and O–H groups in total. The predicted molar refractivity (Wildman–Crippen MR) is 108 cm³/mol. The number of likely N-dealkylation sites (N-methyl/N-ethyl adjacent to an activating group) is 2. The monoisotopic (exact) mass is 342 g/mol. The van der Waals surface area contributed by atoms with E-state index in [1.165, 1.54) is 38.5 Å². The first-order chi connectivity index (χ1) is 11.0. The van der Waals surface area contributed by atoms with Gasteiger partial charge in [0.1, 0.15) is 5.79 Å². The van der Waals surface area contributed by atoms with Gasteiger partial charge < -0.3 is 5.32 Å². The van der Waals surface area contributed by atoms with E-state index in [0.717, 1.165) is 6.42 Å². The van der Waals surface area contributed by atoms with Crippen LogP contribution in [0.25, 0.3) is 0 Å². The van der Waals surface area contributed by atoms with Gasteiger partial charge in [0, 0.05) is 11.1 Å². The van der Waals surface area contributed by atoms with Crippen LogP contribution in [0.3, 0.4) is 0 Å². The van der Waals surface area contributed by atoms with Gasteiger partial charge in [0.15, 0.2) is 0 Å². The molecule has 0 aromatic rings. The zero-order valence-corrected chi connectivity index (χ0v) is 18.0. The molecule has 0 aromatic carbocycles. The zero-order valence-electron chi connectivity index (χ0n) is 18.0. The summed E-state index contributed by atoms with van der Waals surface area (Å²) in [5.41, 5.74) is 0.0228. The van der Waals surface area contributed by atoms with Gasteiger partial charge in [-0.3, -0.25) is 16.0 Å². The Balaban J connectivity index is 4.98. The second-order valence-electron chi connectivity index (χ2n) is 9.21. The van der Waals surface area contributed by atoms with Gasteiger partial charge in [0.2, 0.25) is 0 Å². The molecule has 0 rings (SSSR count). The van der Waals surface area contributed by atoms with E-state index in [4.69, 9.17) is 0 Å². The predicted octanol–water partition coefficient (Wildman–Crippen LogP) is 3.97. The lowest BCUT2D eigenvalue weighted by Gasteiger charge is -2.49. The van der Waals surface area contributed by atoms with E-state index in [2.05, 4.69) is 76.8 Å². The van der Waals surface area contributed by atoms with Gasteiger partial charge in [0.05, 0.1) is 6.04 Å². The van der Waals surface area contributed by atoms with Crippen LogP contribution >= 0.6 is 0 Å². The molecule has 0 aliphatic heterocycles. The fourth-order valence-electron chi connectivity index (χ4n) is 3.39. The molecule has 0 amide bonds. The number of unbranched alkanes of at least 4 members (excludes halogenated alkanes) is 5. The van der Waals surface area contributed by atoms with E-state index < -0.39 is 0 Å². The van der Waals surface area contributed by atoms with Gasteiger partial charge in [-0.25, -0.2) is 0 Å². The Hall–Kier alpha value is -0.160. The van der Waals surface area contributed by atoms with Gasteiger partial charge in [-0.15, -0.1) is 0 Å². The smallest absolute Gasteiger partial charge is 0.139 e. The molecular weight excluding hydrogens is 296 g/mol. The highest BCUT2D eigenvalue weighted by Crippen LogP contribution is 2.19. The zero-order chi connectivity index (χ0) is 18.9. The molecule has 146 valence electrons. The molecule has 0 saturated heterocycles. The third kappa shape index (κ3) is 9.97. The third-order valence-corrected chi connectivity index (χ3v) is 4.26. The highest BCUT2D eigenvalue weighted by atomic mass is 15.4. The molecule has 0 saturated carbocycles. The number of hydrogen-bond donors (Lipinski definition) is 4. The Labute approximate surface area is 152 Å². The molecule has 24 heavy (non-hydrogen) atoms. The Bertz CT molecular complexity index is 299. The highest BCUT2D eigenvalue weighted by molar-refractivity contribution is 5.00. The summed E-state index contributed by atoms with van der Waals surface area (Å²) >= 11 is 0. The fourth-order valence-corrected chi connectivity index (χ4v) is 3.39. The van der Waals surface area contributed by atoms with E-state index in [-0.39, 0.29) is 16.9 Å². The van der Waals surface area contributed by atoms with Crippen LogP contribution in [0, 0.1) is 0 Å². The van der Waals surface area contributed by atoms with Crippen LogP contribution in [0.2, 0.25) is 0 Å². The van der Waals surface area contributed by atoms with Crippen LogP contribution in [-0.2, 0) is 0 Å². The Morgan fingerprint density at radius 1 is 0.708 bits per heavy atom. The molecule has 0 spiro atoms. The largest absolute Gasteiger partial charge is 0.313 e. The van der Waals surface area contributed by atoms with Crippen molar-refractivity contribution >= 4 is 0 Å². The van der Waals surface area contributed by atoms with E-state index in [9.17, 15) is 0 Å². The summed E-state index contributed by atoms with van der Waals surface area (Å²) in [5.74, 6) is -0.339. The minimum absolute atomic E-state index is 0.0114. The second-order valence-corrected chi connectivity index (χ2v) is 9.21. The van der Waals surface area contributed by atoms with Crippen LogP contribution in [0.1, 0.15) is 93.4 Å². The number of rotatable bonds is 12. The first kappa shape index (κ1) is 23.8. The van der Waals surface area contributed by atoms with Gasteiger partial charge in [-0.1, -0.05) is 45.4 Å². The highest BCUT2D eigenvalue weighted by Gasteiger charge is 2.41. The van der Waals surface area contributed by atoms with Gasteiger partial charge in [0.25, 0.3) is 0 Å². The summed E-state index contributed by atoms with van der Waals surface area (Å²) in [6.07, 6.45) is 9.14. The van der Waals surface area contributed by atoms with Crippen molar-refractivity contribution in [3.8, 4) is 0 Å². The van der Waals surface area contributed by atoms with Crippen molar-refractivity contribution in [1.82, 2.24) is 21.3 Å². The van der Waals surface area contributed by atoms with Crippen molar-refractivity contribution in [1.29, 1.82) is 0 Å². The topological polar surface area (TPSA) is 48.1 Å². The van der Waals surface area contributed by atoms with Crippen LogP contribution in [0.4, 0.5) is 0 Å². The van der Waals surface area contributed by atoms with Crippen LogP contribution in [0.15, 0.2) is 0 Å². The average molecular weight is 343 g/mol. The lowest BCUT2D eigenvalue weighted by atomic mass is 9.94. The summed E-state index contributed by atoms with van der Waals surface area (Å²) < 4.78 is 0. The molecule has 0 aliphatic carbocycles. The number of hydrogen-bond acceptors (Lipinski definition) is 4. The van der Waals surface area contributed by atoms with Crippen molar-refractivity contribution in [2.45, 2.75) is 116 Å². The quantitative estimate of drug-likeness (QED) is 0.320. The Morgan fingerprint density at radius 2 is 1.17 bits per heavy atom. The molecule has 0 radical (unpaired) electrons. The average Bonchev–Trinajstić information content (AvgIpc) is 2.42. The third-order valence-electron chi connectivity index (χ3n) is 4.26. The van der Waals surface area contributed by atoms with E-state index in [0.29, 0.717) is 6.04 Å². The molecular formula is C20H46N4. The molecule has 1 atom stereocenters. The van der Waals surface area contributed by atoms with Crippen molar-refractivity contribution in [2.24, 2.45) is 0 Å². The summed E-state index contributed by atoms with van der Waals surface area (Å²) in [4.78, 5) is 0. The van der Waals surface area contributed by atoms with Gasteiger partial charge in [-0.05, 0) is 62.1 Å². The first-order valence-electron chi connectivity index (χ1n) is 9.94. The van der Waals surface area contributed by atoms with Crippen molar-refractivity contribution in [3.05, 3.63) is 0 Å². The van der Waals surface area contributed by atoms with Crippen LogP contribution in [0.5, 0.6) is 0 Å². The maximum atomic E-state index is 3.80. The second kappa shape index (κ2) is 10.7. The normalized spacial score (nSPS) is 14.9. The summed E-state index contributed by atoms with van der Waals surface area (Å²) in [7, 11) is 4.12. The molecule has 0 heterocycles. The van der Waals surface area contributed by atoms with E-state index in [1.54, 1.807) is 0 Å². The summed E-state index contributed by atoms with van der Waals surface area (Å²) in [6, 6.07) is 0.312. The standard InChI is InChI=1S/C20H46N4/c1-10-11-12-13-14-15-16-17(21-8)20(22-9,23-18(2,3)4)24-19(5,6)7/h17,21-24H,10-16H2,1-9H3. The first-order valence-corrected chi connectivity index (χ1v) is 9.94. The Kier molecular flexibility index (Phi) is 10.7. The molecule has 0 fully saturated rings. The minimum Gasteiger partial charge on any atom is -0.313 e. The Morgan fingerprint density at radius 3 is 1.54 bits per heavy atom. The molecule has 0 bridgehead atoms. The van der Waals surface area contributed by atoms with Crippen molar-refractivity contribution < 1.29 is 0 Å². The molecule has 4 heteroatoms. The van der Waals surface area contributed by atoms with E-state index >= 15 is 0 Å². The SMILES string of the molecule is CCCCCCCCC(NC)C(NC)(NC(C)(C)C)NC(C)(C)C. The minimum atomic E-state index is -0.339. The number of nitrogens with one attached hydrogen (secondary N) is 4. The van der Waals surface area contributed by atoms with Crippen molar-refractivity contribution in [2.75, 3.05) is 14.1 Å². The van der Waals surface area contributed by atoms with Crippen LogP contribution in [-0.4, -0.2) is 37.0 Å². The molecule has 1 unspecified atom stereocenters. The van der Waals surface area contributed by atoms with Gasteiger partial charge in [-0.2, -0.15) is 0 Å².